The molecule has 31 heavy (non-hydrogen) atoms. The van der Waals surface area contributed by atoms with Crippen molar-refractivity contribution in [3.05, 3.63) is 94.2 Å². The summed E-state index contributed by atoms with van der Waals surface area (Å²) >= 11 is 0. The number of aromatic nitrogens is 2. The molecule has 0 saturated heterocycles. The molecule has 2 N–H and O–H groups in total. The number of pyridine rings is 1. The van der Waals surface area contributed by atoms with Crippen LogP contribution in [0.4, 0.5) is 13.2 Å². The molecule has 1 atom stereocenters. The van der Waals surface area contributed by atoms with Gasteiger partial charge in [-0.25, -0.2) is 4.79 Å². The quantitative estimate of drug-likeness (QED) is 0.501. The van der Waals surface area contributed by atoms with E-state index in [0.29, 0.717) is 22.4 Å². The van der Waals surface area contributed by atoms with Gasteiger partial charge in [0, 0.05) is 11.8 Å². The molecule has 0 radical (unpaired) electrons. The van der Waals surface area contributed by atoms with Gasteiger partial charge in [0.25, 0.3) is 5.91 Å². The third-order valence-electron chi connectivity index (χ3n) is 4.39. The summed E-state index contributed by atoms with van der Waals surface area (Å²) < 4.78 is 46.1. The minimum Gasteiger partial charge on any atom is -0.408 e. The van der Waals surface area contributed by atoms with Crippen LogP contribution in [-0.2, 0) is 0 Å². The van der Waals surface area contributed by atoms with Crippen LogP contribution in [0.5, 0.6) is 5.75 Å². The number of alkyl halides is 3. The summed E-state index contributed by atoms with van der Waals surface area (Å²) in [6, 6.07) is 14.0. The zero-order valence-electron chi connectivity index (χ0n) is 15.6. The van der Waals surface area contributed by atoms with Gasteiger partial charge in [0.15, 0.2) is 5.58 Å². The van der Waals surface area contributed by atoms with E-state index < -0.39 is 24.1 Å². The monoisotopic (exact) mass is 429 g/mol. The molecule has 0 aliphatic rings. The van der Waals surface area contributed by atoms with Crippen molar-refractivity contribution < 1.29 is 27.1 Å². The number of nitrogens with one attached hydrogen (secondary N) is 2. The maximum atomic E-state index is 12.9. The standard InChI is InChI=1S/C21H14F3N3O4/c22-21(23,24)31-14-7-4-12(5-8-14)18(15-3-1-2-10-25-15)27-19(28)13-6-9-17-16(11-13)26-20(29)30-17/h1-11,18H,(H,26,29)(H,27,28). The lowest BCUT2D eigenvalue weighted by Gasteiger charge is -2.19. The molecule has 1 amide bonds. The van der Waals surface area contributed by atoms with E-state index in [0.717, 1.165) is 12.1 Å². The number of aromatic amines is 1. The first kappa shape index (κ1) is 20.2. The SMILES string of the molecule is O=C(NC(c1ccc(OC(F)(F)F)cc1)c1ccccn1)c1ccc2oc(=O)[nH]c2c1. The van der Waals surface area contributed by atoms with Crippen LogP contribution in [0.25, 0.3) is 11.1 Å². The van der Waals surface area contributed by atoms with Crippen molar-refractivity contribution in [3.8, 4) is 5.75 Å². The normalized spacial score (nSPS) is 12.5. The van der Waals surface area contributed by atoms with Gasteiger partial charge in [-0.1, -0.05) is 18.2 Å². The number of oxazole rings is 1. The Kier molecular flexibility index (Phi) is 5.20. The number of halogens is 3. The zero-order chi connectivity index (χ0) is 22.0. The molecule has 7 nitrogen and oxygen atoms in total. The smallest absolute Gasteiger partial charge is 0.408 e. The minimum absolute atomic E-state index is 0.252. The summed E-state index contributed by atoms with van der Waals surface area (Å²) in [7, 11) is 0. The van der Waals surface area contributed by atoms with Gasteiger partial charge in [0.05, 0.1) is 17.3 Å². The molecule has 0 fully saturated rings. The van der Waals surface area contributed by atoms with Crippen molar-refractivity contribution in [2.45, 2.75) is 12.4 Å². The number of carbonyl (C=O) groups is 1. The molecule has 10 heteroatoms. The van der Waals surface area contributed by atoms with Crippen LogP contribution in [0, 0.1) is 0 Å². The highest BCUT2D eigenvalue weighted by molar-refractivity contribution is 5.97. The van der Waals surface area contributed by atoms with Gasteiger partial charge in [-0.2, -0.15) is 0 Å². The van der Waals surface area contributed by atoms with Crippen LogP contribution >= 0.6 is 0 Å². The molecule has 4 rings (SSSR count). The van der Waals surface area contributed by atoms with Gasteiger partial charge in [-0.15, -0.1) is 13.2 Å². The molecule has 4 aromatic rings. The zero-order valence-corrected chi connectivity index (χ0v) is 15.6. The van der Waals surface area contributed by atoms with Crippen LogP contribution in [0.1, 0.15) is 27.7 Å². The molecular formula is C21H14F3N3O4. The highest BCUT2D eigenvalue weighted by atomic mass is 19.4. The molecule has 0 aliphatic carbocycles. The molecule has 2 aromatic carbocycles. The topological polar surface area (TPSA) is 97.2 Å². The average molecular weight is 429 g/mol. The fourth-order valence-electron chi connectivity index (χ4n) is 3.04. The number of fused-ring (bicyclic) bond motifs is 1. The van der Waals surface area contributed by atoms with E-state index in [2.05, 4.69) is 20.0 Å². The first-order valence-corrected chi connectivity index (χ1v) is 8.99. The summed E-state index contributed by atoms with van der Waals surface area (Å²) in [4.78, 5) is 30.9. The van der Waals surface area contributed by atoms with E-state index in [1.165, 1.54) is 36.5 Å². The van der Waals surface area contributed by atoms with Crippen LogP contribution in [-0.4, -0.2) is 22.2 Å². The molecule has 0 saturated carbocycles. The second-order valence-corrected chi connectivity index (χ2v) is 6.50. The van der Waals surface area contributed by atoms with Gasteiger partial charge < -0.3 is 14.5 Å². The first-order chi connectivity index (χ1) is 14.8. The number of carbonyl (C=O) groups excluding carboxylic acids is 1. The summed E-state index contributed by atoms with van der Waals surface area (Å²) in [5, 5.41) is 2.82. The Morgan fingerprint density at radius 1 is 1.10 bits per heavy atom. The number of amides is 1. The Morgan fingerprint density at radius 3 is 2.55 bits per heavy atom. The Morgan fingerprint density at radius 2 is 1.87 bits per heavy atom. The van der Waals surface area contributed by atoms with Crippen molar-refractivity contribution in [2.24, 2.45) is 0 Å². The Balaban J connectivity index is 1.63. The van der Waals surface area contributed by atoms with Crippen LogP contribution in [0.2, 0.25) is 0 Å². The lowest BCUT2D eigenvalue weighted by atomic mass is 10.0. The maximum Gasteiger partial charge on any atom is 0.573 e. The average Bonchev–Trinajstić information content (AvgIpc) is 3.11. The van der Waals surface area contributed by atoms with E-state index in [4.69, 9.17) is 4.42 Å². The number of H-pyrrole nitrogens is 1. The second-order valence-electron chi connectivity index (χ2n) is 6.50. The predicted octanol–water partition coefficient (Wildman–Crippen LogP) is 3.93. The van der Waals surface area contributed by atoms with E-state index >= 15 is 0 Å². The Hall–Kier alpha value is -4.08. The van der Waals surface area contributed by atoms with E-state index in [-0.39, 0.29) is 11.3 Å². The molecule has 0 aliphatic heterocycles. The lowest BCUT2D eigenvalue weighted by molar-refractivity contribution is -0.274. The molecule has 0 spiro atoms. The number of hydrogen-bond donors (Lipinski definition) is 2. The molecule has 2 aromatic heterocycles. The Bertz CT molecular complexity index is 1270. The van der Waals surface area contributed by atoms with Crippen LogP contribution in [0.15, 0.2) is 76.1 Å². The molecule has 0 bridgehead atoms. The van der Waals surface area contributed by atoms with E-state index in [1.807, 2.05) is 0 Å². The second kappa shape index (κ2) is 7.98. The summed E-state index contributed by atoms with van der Waals surface area (Å²) in [5.74, 6) is -1.49. The highest BCUT2D eigenvalue weighted by Gasteiger charge is 2.31. The van der Waals surface area contributed by atoms with Crippen LogP contribution < -0.4 is 15.8 Å². The van der Waals surface area contributed by atoms with Crippen molar-refractivity contribution in [1.29, 1.82) is 0 Å². The van der Waals surface area contributed by atoms with E-state index in [9.17, 15) is 22.8 Å². The number of nitrogens with zero attached hydrogens (tertiary/aromatic N) is 1. The molecule has 1 unspecified atom stereocenters. The van der Waals surface area contributed by atoms with Crippen molar-refractivity contribution in [2.75, 3.05) is 0 Å². The van der Waals surface area contributed by atoms with Gasteiger partial charge >= 0.3 is 12.1 Å². The predicted molar refractivity (Wildman–Crippen MR) is 104 cm³/mol. The summed E-state index contributed by atoms with van der Waals surface area (Å²) in [6.45, 7) is 0. The van der Waals surface area contributed by atoms with Crippen LogP contribution in [0.3, 0.4) is 0 Å². The fourth-order valence-corrected chi connectivity index (χ4v) is 3.04. The van der Waals surface area contributed by atoms with Crippen molar-refractivity contribution >= 4 is 17.0 Å². The first-order valence-electron chi connectivity index (χ1n) is 8.99. The maximum absolute atomic E-state index is 12.9. The van der Waals surface area contributed by atoms with Gasteiger partial charge in [-0.3, -0.25) is 14.8 Å². The van der Waals surface area contributed by atoms with Crippen molar-refractivity contribution in [1.82, 2.24) is 15.3 Å². The van der Waals surface area contributed by atoms with Gasteiger partial charge in [0.2, 0.25) is 0 Å². The van der Waals surface area contributed by atoms with E-state index in [1.54, 1.807) is 18.2 Å². The molecule has 2 heterocycles. The fraction of sp³-hybridized carbons (Fsp3) is 0.0952. The summed E-state index contributed by atoms with van der Waals surface area (Å²) in [6.07, 6.45) is -3.26. The molecular weight excluding hydrogens is 415 g/mol. The summed E-state index contributed by atoms with van der Waals surface area (Å²) in [5.41, 5.74) is 1.91. The molecule has 158 valence electrons. The number of ether oxygens (including phenoxy) is 1. The third-order valence-corrected chi connectivity index (χ3v) is 4.39. The van der Waals surface area contributed by atoms with Crippen molar-refractivity contribution in [3.63, 3.8) is 0 Å². The largest absolute Gasteiger partial charge is 0.573 e. The number of benzene rings is 2. The van der Waals surface area contributed by atoms with Gasteiger partial charge in [-0.05, 0) is 48.0 Å². The highest BCUT2D eigenvalue weighted by Crippen LogP contribution is 2.27. The van der Waals surface area contributed by atoms with Gasteiger partial charge in [0.1, 0.15) is 5.75 Å². The third kappa shape index (κ3) is 4.74. The number of rotatable bonds is 5. The Labute approximate surface area is 172 Å². The number of hydrogen-bond acceptors (Lipinski definition) is 5. The minimum atomic E-state index is -4.80. The lowest BCUT2D eigenvalue weighted by Crippen LogP contribution is -2.30.